The molecule has 8 heteroatoms. The minimum Gasteiger partial charge on any atom is -0.497 e. The highest BCUT2D eigenvalue weighted by atomic mass is 35.5. The molecule has 0 saturated heterocycles. The summed E-state index contributed by atoms with van der Waals surface area (Å²) in [6, 6.07) is 14.4. The topological polar surface area (TPSA) is 86.5 Å². The van der Waals surface area contributed by atoms with Crippen molar-refractivity contribution in [2.75, 3.05) is 13.7 Å². The van der Waals surface area contributed by atoms with Crippen molar-refractivity contribution in [2.24, 2.45) is 0 Å². The van der Waals surface area contributed by atoms with E-state index in [1.165, 1.54) is 0 Å². The molecule has 2 aromatic carbocycles. The van der Waals surface area contributed by atoms with Gasteiger partial charge in [-0.25, -0.2) is 0 Å². The first-order valence-electron chi connectivity index (χ1n) is 8.76. The van der Waals surface area contributed by atoms with Gasteiger partial charge in [0.25, 0.3) is 0 Å². The Bertz CT molecular complexity index is 895. The first kappa shape index (κ1) is 19.7. The van der Waals surface area contributed by atoms with Crippen LogP contribution in [0.2, 0.25) is 5.02 Å². The molecule has 146 valence electrons. The maximum Gasteiger partial charge on any atom is 0.246 e. The number of carbonyl (C=O) groups is 1. The van der Waals surface area contributed by atoms with E-state index >= 15 is 0 Å². The molecule has 0 fully saturated rings. The monoisotopic (exact) mass is 401 g/mol. The number of aromatic nitrogens is 2. The van der Waals surface area contributed by atoms with Gasteiger partial charge in [0.1, 0.15) is 11.5 Å². The predicted molar refractivity (Wildman–Crippen MR) is 104 cm³/mol. The second-order valence-electron chi connectivity index (χ2n) is 5.92. The van der Waals surface area contributed by atoms with Crippen molar-refractivity contribution in [1.82, 2.24) is 15.5 Å². The van der Waals surface area contributed by atoms with E-state index in [0.29, 0.717) is 36.2 Å². The van der Waals surface area contributed by atoms with Crippen LogP contribution >= 0.6 is 11.6 Å². The molecule has 1 N–H and O–H groups in total. The minimum absolute atomic E-state index is 0.107. The van der Waals surface area contributed by atoms with Crippen molar-refractivity contribution in [3.63, 3.8) is 0 Å². The van der Waals surface area contributed by atoms with Crippen LogP contribution < -0.4 is 14.8 Å². The van der Waals surface area contributed by atoms with Gasteiger partial charge in [-0.2, -0.15) is 4.98 Å². The first-order chi connectivity index (χ1) is 13.6. The van der Waals surface area contributed by atoms with Gasteiger partial charge in [-0.1, -0.05) is 16.8 Å². The Hall–Kier alpha value is -3.06. The molecule has 3 aromatic rings. The number of ether oxygens (including phenoxy) is 2. The van der Waals surface area contributed by atoms with Gasteiger partial charge in [0.15, 0.2) is 0 Å². The third kappa shape index (κ3) is 5.72. The lowest BCUT2D eigenvalue weighted by atomic mass is 10.2. The van der Waals surface area contributed by atoms with Crippen LogP contribution in [-0.2, 0) is 11.3 Å². The zero-order valence-electron chi connectivity index (χ0n) is 15.4. The fourth-order valence-electron chi connectivity index (χ4n) is 2.40. The second-order valence-corrected chi connectivity index (χ2v) is 6.36. The molecule has 3 rings (SSSR count). The molecule has 0 unspecified atom stereocenters. The van der Waals surface area contributed by atoms with E-state index in [2.05, 4.69) is 15.5 Å². The Labute approximate surface area is 167 Å². The van der Waals surface area contributed by atoms with Crippen molar-refractivity contribution >= 4 is 17.5 Å². The van der Waals surface area contributed by atoms with Gasteiger partial charge in [-0.05, 0) is 55.0 Å². The van der Waals surface area contributed by atoms with Crippen LogP contribution in [0.1, 0.15) is 18.7 Å². The van der Waals surface area contributed by atoms with Gasteiger partial charge in [0.2, 0.25) is 17.6 Å². The summed E-state index contributed by atoms with van der Waals surface area (Å²) in [4.78, 5) is 16.2. The van der Waals surface area contributed by atoms with Crippen molar-refractivity contribution in [3.8, 4) is 22.9 Å². The zero-order chi connectivity index (χ0) is 19.8. The van der Waals surface area contributed by atoms with Gasteiger partial charge in [0.05, 0.1) is 20.3 Å². The Kier molecular flexibility index (Phi) is 6.86. The van der Waals surface area contributed by atoms with Crippen LogP contribution in [-0.4, -0.2) is 29.8 Å². The average molecular weight is 402 g/mol. The summed E-state index contributed by atoms with van der Waals surface area (Å²) in [6.07, 6.45) is 0.933. The van der Waals surface area contributed by atoms with Gasteiger partial charge in [-0.15, -0.1) is 0 Å². The fourth-order valence-corrected chi connectivity index (χ4v) is 2.53. The second kappa shape index (κ2) is 9.75. The van der Waals surface area contributed by atoms with Crippen LogP contribution in [0.4, 0.5) is 0 Å². The van der Waals surface area contributed by atoms with Crippen LogP contribution in [0.5, 0.6) is 11.5 Å². The summed E-state index contributed by atoms with van der Waals surface area (Å²) in [5.41, 5.74) is 0.807. The van der Waals surface area contributed by atoms with Gasteiger partial charge < -0.3 is 19.3 Å². The summed E-state index contributed by atoms with van der Waals surface area (Å²) in [7, 11) is 1.61. The fraction of sp³-hybridized carbons (Fsp3) is 0.250. The molecule has 0 bridgehead atoms. The number of hydrogen-bond acceptors (Lipinski definition) is 6. The van der Waals surface area contributed by atoms with Crippen LogP contribution in [0.3, 0.4) is 0 Å². The molecule has 1 aromatic heterocycles. The van der Waals surface area contributed by atoms with Crippen molar-refractivity contribution in [3.05, 3.63) is 59.4 Å². The number of nitrogens with zero attached hydrogens (tertiary/aromatic N) is 2. The first-order valence-corrected chi connectivity index (χ1v) is 9.14. The van der Waals surface area contributed by atoms with E-state index in [1.807, 2.05) is 24.3 Å². The number of benzene rings is 2. The SMILES string of the molecule is COc1ccc(-c2noc(CNC(=O)CCCOc3ccc(Cl)cc3)n2)cc1. The van der Waals surface area contributed by atoms with E-state index in [0.717, 1.165) is 17.1 Å². The summed E-state index contributed by atoms with van der Waals surface area (Å²) < 4.78 is 15.9. The third-order valence-electron chi connectivity index (χ3n) is 3.88. The van der Waals surface area contributed by atoms with E-state index in [1.54, 1.807) is 31.4 Å². The number of rotatable bonds is 9. The molecule has 0 atom stereocenters. The maximum absolute atomic E-state index is 11.9. The molecule has 0 radical (unpaired) electrons. The van der Waals surface area contributed by atoms with Crippen LogP contribution in [0.15, 0.2) is 53.1 Å². The number of nitrogens with one attached hydrogen (secondary N) is 1. The van der Waals surface area contributed by atoms with Gasteiger partial charge in [0, 0.05) is 17.0 Å². The lowest BCUT2D eigenvalue weighted by molar-refractivity contribution is -0.121. The smallest absolute Gasteiger partial charge is 0.246 e. The summed E-state index contributed by atoms with van der Waals surface area (Å²) in [5.74, 6) is 2.17. The molecule has 0 aliphatic carbocycles. The zero-order valence-corrected chi connectivity index (χ0v) is 16.1. The predicted octanol–water partition coefficient (Wildman–Crippen LogP) is 3.87. The molecule has 0 aliphatic rings. The highest BCUT2D eigenvalue weighted by Gasteiger charge is 2.10. The number of hydrogen-bond donors (Lipinski definition) is 1. The molecule has 1 heterocycles. The van der Waals surface area contributed by atoms with E-state index in [-0.39, 0.29) is 12.5 Å². The summed E-state index contributed by atoms with van der Waals surface area (Å²) in [6.45, 7) is 0.622. The molecule has 0 aliphatic heterocycles. The molecule has 0 spiro atoms. The highest BCUT2D eigenvalue weighted by Crippen LogP contribution is 2.19. The molecule has 7 nitrogen and oxygen atoms in total. The molecular weight excluding hydrogens is 382 g/mol. The lowest BCUT2D eigenvalue weighted by Gasteiger charge is -2.06. The molecule has 28 heavy (non-hydrogen) atoms. The van der Waals surface area contributed by atoms with Crippen molar-refractivity contribution in [1.29, 1.82) is 0 Å². The standard InChI is InChI=1S/C20H20ClN3O4/c1-26-16-8-4-14(5-9-16)20-23-19(28-24-20)13-22-18(25)3-2-12-27-17-10-6-15(21)7-11-17/h4-11H,2-3,12-13H2,1H3,(H,22,25). The third-order valence-corrected chi connectivity index (χ3v) is 4.14. The lowest BCUT2D eigenvalue weighted by Crippen LogP contribution is -2.23. The Morgan fingerprint density at radius 2 is 1.82 bits per heavy atom. The maximum atomic E-state index is 11.9. The molecule has 0 saturated carbocycles. The van der Waals surface area contributed by atoms with Crippen LogP contribution in [0.25, 0.3) is 11.4 Å². The quantitative estimate of drug-likeness (QED) is 0.547. The Morgan fingerprint density at radius 1 is 1.11 bits per heavy atom. The largest absolute Gasteiger partial charge is 0.497 e. The summed E-state index contributed by atoms with van der Waals surface area (Å²) in [5, 5.41) is 7.34. The Morgan fingerprint density at radius 3 is 2.54 bits per heavy atom. The minimum atomic E-state index is -0.107. The van der Waals surface area contributed by atoms with Crippen LogP contribution in [0, 0.1) is 0 Å². The van der Waals surface area contributed by atoms with Gasteiger partial charge >= 0.3 is 0 Å². The van der Waals surface area contributed by atoms with E-state index in [9.17, 15) is 4.79 Å². The summed E-state index contributed by atoms with van der Waals surface area (Å²) >= 11 is 5.82. The molecule has 1 amide bonds. The normalized spacial score (nSPS) is 10.5. The molecular formula is C20H20ClN3O4. The number of methoxy groups -OCH3 is 1. The highest BCUT2D eigenvalue weighted by molar-refractivity contribution is 6.30. The Balaban J connectivity index is 1.38. The average Bonchev–Trinajstić information content (AvgIpc) is 3.20. The van der Waals surface area contributed by atoms with Crippen molar-refractivity contribution < 1.29 is 18.8 Å². The van der Waals surface area contributed by atoms with Crippen molar-refractivity contribution in [2.45, 2.75) is 19.4 Å². The van der Waals surface area contributed by atoms with Gasteiger partial charge in [-0.3, -0.25) is 4.79 Å². The number of carbonyl (C=O) groups excluding carboxylic acids is 1. The van der Waals surface area contributed by atoms with E-state index < -0.39 is 0 Å². The number of amides is 1. The number of halogens is 1. The van der Waals surface area contributed by atoms with E-state index in [4.69, 9.17) is 25.6 Å².